The number of aldehydes is 1. The van der Waals surface area contributed by atoms with Gasteiger partial charge in [0.25, 0.3) is 10.0 Å². The minimum atomic E-state index is -3.90. The summed E-state index contributed by atoms with van der Waals surface area (Å²) < 4.78 is 34.3. The Morgan fingerprint density at radius 2 is 1.73 bits per heavy atom. The SMILES string of the molecule is COc1cccc(CC=O)c1-c1cc2cc(C)ccc2n1S(=O)(=O)c1ccccc1. The molecule has 0 N–H and O–H groups in total. The lowest BCUT2D eigenvalue weighted by Gasteiger charge is -2.16. The number of aromatic nitrogens is 1. The molecule has 0 bridgehead atoms. The number of carbonyl (C=O) groups excluding carboxylic acids is 1. The first kappa shape index (κ1) is 19.9. The molecule has 0 unspecified atom stereocenters. The highest BCUT2D eigenvalue weighted by molar-refractivity contribution is 7.90. The smallest absolute Gasteiger partial charge is 0.268 e. The van der Waals surface area contributed by atoms with Gasteiger partial charge < -0.3 is 9.53 Å². The molecule has 1 heterocycles. The average molecular weight is 420 g/mol. The third-order valence-corrected chi connectivity index (χ3v) is 6.83. The van der Waals surface area contributed by atoms with E-state index in [1.165, 1.54) is 11.1 Å². The van der Waals surface area contributed by atoms with E-state index in [9.17, 15) is 13.2 Å². The van der Waals surface area contributed by atoms with E-state index < -0.39 is 10.0 Å². The van der Waals surface area contributed by atoms with Crippen LogP contribution in [0.3, 0.4) is 0 Å². The minimum Gasteiger partial charge on any atom is -0.496 e. The summed E-state index contributed by atoms with van der Waals surface area (Å²) >= 11 is 0. The number of fused-ring (bicyclic) bond motifs is 1. The van der Waals surface area contributed by atoms with Crippen LogP contribution in [0.25, 0.3) is 22.2 Å². The van der Waals surface area contributed by atoms with Crippen molar-refractivity contribution in [3.05, 3.63) is 83.9 Å². The molecule has 6 heteroatoms. The lowest BCUT2D eigenvalue weighted by atomic mass is 10.0. The Bertz CT molecular complexity index is 1340. The van der Waals surface area contributed by atoms with E-state index in [4.69, 9.17) is 4.74 Å². The molecule has 0 saturated heterocycles. The summed E-state index contributed by atoms with van der Waals surface area (Å²) in [5, 5.41) is 0.799. The highest BCUT2D eigenvalue weighted by Crippen LogP contribution is 2.39. The van der Waals surface area contributed by atoms with E-state index in [2.05, 4.69) is 0 Å². The summed E-state index contributed by atoms with van der Waals surface area (Å²) in [5.41, 5.74) is 3.36. The number of benzene rings is 3. The molecule has 30 heavy (non-hydrogen) atoms. The number of methoxy groups -OCH3 is 1. The van der Waals surface area contributed by atoms with E-state index in [-0.39, 0.29) is 11.3 Å². The van der Waals surface area contributed by atoms with Gasteiger partial charge in [0.2, 0.25) is 0 Å². The van der Waals surface area contributed by atoms with E-state index in [0.29, 0.717) is 28.1 Å². The first-order valence-electron chi connectivity index (χ1n) is 9.50. The molecular weight excluding hydrogens is 398 g/mol. The molecule has 0 aliphatic carbocycles. The first-order chi connectivity index (χ1) is 14.5. The average Bonchev–Trinajstić information content (AvgIpc) is 3.13. The van der Waals surface area contributed by atoms with E-state index in [1.54, 1.807) is 42.5 Å². The van der Waals surface area contributed by atoms with Gasteiger partial charge in [0, 0.05) is 17.4 Å². The van der Waals surface area contributed by atoms with Crippen LogP contribution in [0.15, 0.2) is 77.7 Å². The molecule has 0 aliphatic rings. The van der Waals surface area contributed by atoms with E-state index >= 15 is 0 Å². The van der Waals surface area contributed by atoms with Crippen LogP contribution in [-0.4, -0.2) is 25.8 Å². The van der Waals surface area contributed by atoms with Crippen LogP contribution in [0, 0.1) is 6.92 Å². The predicted octanol–water partition coefficient (Wildman–Crippen LogP) is 4.60. The molecular formula is C24H21NO4S. The van der Waals surface area contributed by atoms with Gasteiger partial charge in [-0.25, -0.2) is 12.4 Å². The van der Waals surface area contributed by atoms with Crippen molar-refractivity contribution in [2.24, 2.45) is 0 Å². The van der Waals surface area contributed by atoms with Gasteiger partial charge in [-0.1, -0.05) is 42.0 Å². The number of ether oxygens (including phenoxy) is 1. The summed E-state index contributed by atoms with van der Waals surface area (Å²) in [6.07, 6.45) is 0.958. The zero-order valence-corrected chi connectivity index (χ0v) is 17.5. The van der Waals surface area contributed by atoms with Crippen LogP contribution < -0.4 is 4.74 Å². The quantitative estimate of drug-likeness (QED) is 0.428. The minimum absolute atomic E-state index is 0.151. The van der Waals surface area contributed by atoms with E-state index in [0.717, 1.165) is 17.2 Å². The highest BCUT2D eigenvalue weighted by atomic mass is 32.2. The number of nitrogens with zero attached hydrogens (tertiary/aromatic N) is 1. The number of rotatable bonds is 6. The van der Waals surface area contributed by atoms with Gasteiger partial charge in [0.15, 0.2) is 0 Å². The molecule has 4 aromatic rings. The first-order valence-corrected chi connectivity index (χ1v) is 10.9. The Labute approximate surface area is 175 Å². The zero-order chi connectivity index (χ0) is 21.3. The van der Waals surface area contributed by atoms with Crippen molar-refractivity contribution in [2.75, 3.05) is 7.11 Å². The van der Waals surface area contributed by atoms with Crippen molar-refractivity contribution in [1.82, 2.24) is 3.97 Å². The summed E-state index contributed by atoms with van der Waals surface area (Å²) in [6, 6.07) is 21.2. The van der Waals surface area contributed by atoms with Crippen LogP contribution in [0.5, 0.6) is 5.75 Å². The third-order valence-electron chi connectivity index (χ3n) is 5.09. The van der Waals surface area contributed by atoms with Gasteiger partial charge in [-0.15, -0.1) is 0 Å². The second-order valence-corrected chi connectivity index (χ2v) is 8.83. The van der Waals surface area contributed by atoms with Crippen molar-refractivity contribution < 1.29 is 17.9 Å². The molecule has 5 nitrogen and oxygen atoms in total. The Morgan fingerprint density at radius 3 is 2.43 bits per heavy atom. The molecule has 3 aromatic carbocycles. The molecule has 152 valence electrons. The van der Waals surface area contributed by atoms with Crippen LogP contribution in [0.4, 0.5) is 0 Å². The molecule has 1 aromatic heterocycles. The number of aryl methyl sites for hydroxylation is 1. The maximum Gasteiger partial charge on any atom is 0.268 e. The summed E-state index contributed by atoms with van der Waals surface area (Å²) in [5.74, 6) is 0.512. The van der Waals surface area contributed by atoms with E-state index in [1.807, 2.05) is 37.3 Å². The zero-order valence-electron chi connectivity index (χ0n) is 16.7. The fourth-order valence-electron chi connectivity index (χ4n) is 3.74. The van der Waals surface area contributed by atoms with Gasteiger partial charge in [0.1, 0.15) is 12.0 Å². The van der Waals surface area contributed by atoms with Crippen LogP contribution in [0.1, 0.15) is 11.1 Å². The Hall–Kier alpha value is -3.38. The normalized spacial score (nSPS) is 11.5. The monoisotopic (exact) mass is 419 g/mol. The van der Waals surface area contributed by atoms with Gasteiger partial charge in [-0.05, 0) is 48.9 Å². The lowest BCUT2D eigenvalue weighted by molar-refractivity contribution is -0.107. The van der Waals surface area contributed by atoms with Crippen molar-refractivity contribution in [1.29, 1.82) is 0 Å². The molecule has 4 rings (SSSR count). The summed E-state index contributed by atoms with van der Waals surface area (Å²) in [6.45, 7) is 1.96. The fourth-order valence-corrected chi connectivity index (χ4v) is 5.28. The summed E-state index contributed by atoms with van der Waals surface area (Å²) in [4.78, 5) is 11.5. The molecule has 0 spiro atoms. The lowest BCUT2D eigenvalue weighted by Crippen LogP contribution is -2.14. The van der Waals surface area contributed by atoms with Gasteiger partial charge in [-0.3, -0.25) is 0 Å². The second-order valence-electron chi connectivity index (χ2n) is 7.04. The van der Waals surface area contributed by atoms with Crippen LogP contribution >= 0.6 is 0 Å². The van der Waals surface area contributed by atoms with Crippen LogP contribution in [-0.2, 0) is 21.2 Å². The van der Waals surface area contributed by atoms with Crippen molar-refractivity contribution in [3.8, 4) is 17.0 Å². The second kappa shape index (κ2) is 7.80. The van der Waals surface area contributed by atoms with Crippen molar-refractivity contribution in [3.63, 3.8) is 0 Å². The Balaban J connectivity index is 2.13. The number of hydrogen-bond acceptors (Lipinski definition) is 4. The van der Waals surface area contributed by atoms with Gasteiger partial charge in [-0.2, -0.15) is 0 Å². The maximum absolute atomic E-state index is 13.7. The topological polar surface area (TPSA) is 65.4 Å². The van der Waals surface area contributed by atoms with Crippen LogP contribution in [0.2, 0.25) is 0 Å². The fraction of sp³-hybridized carbons (Fsp3) is 0.125. The Kier molecular flexibility index (Phi) is 5.18. The largest absolute Gasteiger partial charge is 0.496 e. The molecule has 0 atom stereocenters. The molecule has 0 saturated carbocycles. The molecule has 0 aliphatic heterocycles. The van der Waals surface area contributed by atoms with Gasteiger partial charge in [0.05, 0.1) is 23.2 Å². The molecule has 0 radical (unpaired) electrons. The molecule has 0 fully saturated rings. The number of carbonyl (C=O) groups is 1. The maximum atomic E-state index is 13.7. The Morgan fingerprint density at radius 1 is 0.967 bits per heavy atom. The highest BCUT2D eigenvalue weighted by Gasteiger charge is 2.26. The third kappa shape index (κ3) is 3.29. The van der Waals surface area contributed by atoms with Crippen molar-refractivity contribution in [2.45, 2.75) is 18.2 Å². The predicted molar refractivity (Wildman–Crippen MR) is 117 cm³/mol. The molecule has 0 amide bonds. The summed E-state index contributed by atoms with van der Waals surface area (Å²) in [7, 11) is -2.36. The standard InChI is InChI=1S/C24H21NO4S/c1-17-11-12-21-19(15-17)16-22(24-18(13-14-26)7-6-10-23(24)29-2)25(21)30(27,28)20-8-4-3-5-9-20/h3-12,14-16H,13H2,1-2H3. The number of hydrogen-bond donors (Lipinski definition) is 0. The van der Waals surface area contributed by atoms with Gasteiger partial charge >= 0.3 is 0 Å². The van der Waals surface area contributed by atoms with Crippen molar-refractivity contribution >= 4 is 27.2 Å².